The summed E-state index contributed by atoms with van der Waals surface area (Å²) in [5, 5.41) is 6.13. The molecule has 1 saturated heterocycles. The number of guanidine groups is 1. The first-order chi connectivity index (χ1) is 13.6. The van der Waals surface area contributed by atoms with Crippen LogP contribution >= 0.6 is 24.0 Å². The fourth-order valence-corrected chi connectivity index (χ4v) is 4.56. The van der Waals surface area contributed by atoms with E-state index in [0.29, 0.717) is 31.2 Å². The number of nitrogens with one attached hydrogen (secondary N) is 2. The maximum absolute atomic E-state index is 13.6. The number of halogens is 2. The molecule has 9 heteroatoms. The summed E-state index contributed by atoms with van der Waals surface area (Å²) in [4.78, 5) is 34.8. The molecular weight excluding hydrogens is 488 g/mol. The predicted octanol–water partition coefficient (Wildman–Crippen LogP) is 1.70. The van der Waals surface area contributed by atoms with E-state index in [9.17, 15) is 14.0 Å². The Kier molecular flexibility index (Phi) is 6.86. The fourth-order valence-electron chi connectivity index (χ4n) is 4.56. The topological polar surface area (TPSA) is 86.7 Å². The Bertz CT molecular complexity index is 816. The number of nitrogens with zero attached hydrogens (tertiary/aromatic N) is 3. The van der Waals surface area contributed by atoms with Gasteiger partial charge in [-0.25, -0.2) is 4.39 Å². The zero-order valence-electron chi connectivity index (χ0n) is 16.2. The maximum Gasteiger partial charge on any atom is 0.233 e. The lowest BCUT2D eigenvalue weighted by Gasteiger charge is -2.18. The number of carbonyl (C=O) groups excluding carboxylic acids is 2. The monoisotopic (exact) mass is 513 g/mol. The molecule has 2 heterocycles. The molecular formula is C20H25FIN5O2. The van der Waals surface area contributed by atoms with Crippen LogP contribution < -0.4 is 10.6 Å². The van der Waals surface area contributed by atoms with Crippen molar-refractivity contribution in [1.82, 2.24) is 20.5 Å². The fraction of sp³-hybridized carbons (Fsp3) is 0.500. The molecule has 29 heavy (non-hydrogen) atoms. The number of imide groups is 1. The second kappa shape index (κ2) is 9.19. The van der Waals surface area contributed by atoms with Gasteiger partial charge in [-0.15, -0.1) is 24.0 Å². The molecule has 2 N–H and O–H groups in total. The normalized spacial score (nSPS) is 27.2. The van der Waals surface area contributed by atoms with Gasteiger partial charge in [0.1, 0.15) is 5.82 Å². The van der Waals surface area contributed by atoms with Gasteiger partial charge in [0.05, 0.1) is 24.1 Å². The zero-order valence-corrected chi connectivity index (χ0v) is 18.5. The Balaban J connectivity index is 0.00000240. The third kappa shape index (κ3) is 4.15. The number of aromatic nitrogens is 1. The average Bonchev–Trinajstić information content (AvgIpc) is 3.37. The lowest BCUT2D eigenvalue weighted by molar-refractivity contribution is -0.140. The SMILES string of the molecule is CN=C(NCCCN1C(=O)C2C3C=CC(C3)C2C1=O)NCc1ncccc1F.I. The first-order valence-electron chi connectivity index (χ1n) is 9.67. The van der Waals surface area contributed by atoms with E-state index in [4.69, 9.17) is 0 Å². The van der Waals surface area contributed by atoms with E-state index in [1.54, 1.807) is 13.1 Å². The second-order valence-electron chi connectivity index (χ2n) is 7.47. The number of allylic oxidation sites excluding steroid dienone is 2. The molecule has 4 atom stereocenters. The highest BCUT2D eigenvalue weighted by Gasteiger charge is 2.58. The molecule has 2 aliphatic carbocycles. The Hall–Kier alpha value is -2.04. The first-order valence-corrected chi connectivity index (χ1v) is 9.67. The molecule has 3 aliphatic rings. The molecule has 2 amide bonds. The number of pyridine rings is 1. The van der Waals surface area contributed by atoms with Crippen molar-refractivity contribution in [1.29, 1.82) is 0 Å². The van der Waals surface area contributed by atoms with Crippen LogP contribution in [0.25, 0.3) is 0 Å². The van der Waals surface area contributed by atoms with Gasteiger partial charge in [-0.05, 0) is 36.8 Å². The molecule has 2 bridgehead atoms. The number of rotatable bonds is 6. The standard InChI is InChI=1S/C20H24FN5O2.HI/c1-22-20(25-11-15-14(21)4-2-7-23-15)24-8-3-9-26-18(27)16-12-5-6-13(10-12)17(16)19(26)28;/h2,4-7,12-13,16-17H,3,8-11H2,1H3,(H2,22,24,25);1H. The zero-order chi connectivity index (χ0) is 19.7. The molecule has 0 spiro atoms. The van der Waals surface area contributed by atoms with Gasteiger partial charge in [0.2, 0.25) is 11.8 Å². The van der Waals surface area contributed by atoms with Crippen molar-refractivity contribution in [3.8, 4) is 0 Å². The molecule has 0 aromatic carbocycles. The van der Waals surface area contributed by atoms with Crippen LogP contribution in [0, 0.1) is 29.5 Å². The van der Waals surface area contributed by atoms with E-state index >= 15 is 0 Å². The number of amides is 2. The highest BCUT2D eigenvalue weighted by molar-refractivity contribution is 14.0. The Morgan fingerprint density at radius 1 is 1.24 bits per heavy atom. The van der Waals surface area contributed by atoms with E-state index in [2.05, 4.69) is 32.8 Å². The molecule has 1 aliphatic heterocycles. The minimum Gasteiger partial charge on any atom is -0.356 e. The van der Waals surface area contributed by atoms with Crippen LogP contribution in [-0.4, -0.2) is 47.8 Å². The minimum atomic E-state index is -0.370. The number of hydrogen-bond acceptors (Lipinski definition) is 4. The summed E-state index contributed by atoms with van der Waals surface area (Å²) in [6.45, 7) is 1.17. The smallest absolute Gasteiger partial charge is 0.233 e. The van der Waals surface area contributed by atoms with Crippen molar-refractivity contribution in [3.05, 3.63) is 42.0 Å². The molecule has 4 rings (SSSR count). The van der Waals surface area contributed by atoms with E-state index in [0.717, 1.165) is 6.42 Å². The third-order valence-corrected chi connectivity index (χ3v) is 5.89. The van der Waals surface area contributed by atoms with Gasteiger partial charge < -0.3 is 10.6 Å². The minimum absolute atomic E-state index is 0. The van der Waals surface area contributed by atoms with E-state index in [1.165, 1.54) is 17.2 Å². The molecule has 1 saturated carbocycles. The number of aliphatic imine (C=N–C) groups is 1. The maximum atomic E-state index is 13.6. The van der Waals surface area contributed by atoms with Gasteiger partial charge >= 0.3 is 0 Å². The van der Waals surface area contributed by atoms with Crippen molar-refractivity contribution < 1.29 is 14.0 Å². The lowest BCUT2D eigenvalue weighted by atomic mass is 9.85. The summed E-state index contributed by atoms with van der Waals surface area (Å²) in [5.74, 6) is 0.319. The molecule has 7 nitrogen and oxygen atoms in total. The van der Waals surface area contributed by atoms with Crippen LogP contribution in [0.3, 0.4) is 0 Å². The van der Waals surface area contributed by atoms with Crippen LogP contribution in [0.2, 0.25) is 0 Å². The van der Waals surface area contributed by atoms with Crippen LogP contribution in [0.4, 0.5) is 4.39 Å². The summed E-state index contributed by atoms with van der Waals surface area (Å²) in [6, 6.07) is 2.91. The van der Waals surface area contributed by atoms with Crippen LogP contribution in [-0.2, 0) is 16.1 Å². The highest BCUT2D eigenvalue weighted by Crippen LogP contribution is 2.52. The summed E-state index contributed by atoms with van der Waals surface area (Å²) in [5.41, 5.74) is 0.313. The summed E-state index contributed by atoms with van der Waals surface area (Å²) in [7, 11) is 1.63. The van der Waals surface area contributed by atoms with Crippen molar-refractivity contribution in [3.63, 3.8) is 0 Å². The van der Waals surface area contributed by atoms with Gasteiger partial charge in [-0.2, -0.15) is 0 Å². The van der Waals surface area contributed by atoms with Gasteiger partial charge in [0.25, 0.3) is 0 Å². The van der Waals surface area contributed by atoms with Crippen molar-refractivity contribution in [2.75, 3.05) is 20.1 Å². The molecule has 156 valence electrons. The number of hydrogen-bond donors (Lipinski definition) is 2. The van der Waals surface area contributed by atoms with Gasteiger partial charge in [0.15, 0.2) is 5.96 Å². The van der Waals surface area contributed by atoms with Crippen molar-refractivity contribution >= 4 is 41.8 Å². The van der Waals surface area contributed by atoms with E-state index < -0.39 is 0 Å². The molecule has 2 fully saturated rings. The first kappa shape index (κ1) is 21.7. The number of carbonyl (C=O) groups is 2. The molecule has 1 aromatic rings. The highest BCUT2D eigenvalue weighted by atomic mass is 127. The third-order valence-electron chi connectivity index (χ3n) is 5.89. The quantitative estimate of drug-likeness (QED) is 0.151. The second-order valence-corrected chi connectivity index (χ2v) is 7.47. The van der Waals surface area contributed by atoms with Gasteiger partial charge in [0, 0.05) is 26.3 Å². The van der Waals surface area contributed by atoms with Crippen molar-refractivity contribution in [2.24, 2.45) is 28.7 Å². The summed E-state index contributed by atoms with van der Waals surface area (Å²) >= 11 is 0. The van der Waals surface area contributed by atoms with Crippen LogP contribution in [0.15, 0.2) is 35.5 Å². The Morgan fingerprint density at radius 2 is 1.93 bits per heavy atom. The average molecular weight is 513 g/mol. The Morgan fingerprint density at radius 3 is 2.55 bits per heavy atom. The summed E-state index contributed by atoms with van der Waals surface area (Å²) < 4.78 is 13.6. The van der Waals surface area contributed by atoms with Crippen LogP contribution in [0.1, 0.15) is 18.5 Å². The van der Waals surface area contributed by atoms with Crippen molar-refractivity contribution in [2.45, 2.75) is 19.4 Å². The van der Waals surface area contributed by atoms with Gasteiger partial charge in [-0.1, -0.05) is 12.2 Å². The number of likely N-dealkylation sites (tertiary alicyclic amines) is 1. The van der Waals surface area contributed by atoms with E-state index in [-0.39, 0.29) is 71.8 Å². The Labute approximate surface area is 186 Å². The summed E-state index contributed by atoms with van der Waals surface area (Å²) in [6.07, 6.45) is 7.31. The van der Waals surface area contributed by atoms with Crippen LogP contribution in [0.5, 0.6) is 0 Å². The predicted molar refractivity (Wildman–Crippen MR) is 117 cm³/mol. The molecule has 0 radical (unpaired) electrons. The molecule has 1 aromatic heterocycles. The van der Waals surface area contributed by atoms with E-state index in [1.807, 2.05) is 0 Å². The lowest BCUT2D eigenvalue weighted by Crippen LogP contribution is -2.39. The van der Waals surface area contributed by atoms with Gasteiger partial charge in [-0.3, -0.25) is 24.5 Å². The number of fused-ring (bicyclic) bond motifs is 5. The molecule has 4 unspecified atom stereocenters. The largest absolute Gasteiger partial charge is 0.356 e.